The average Bonchev–Trinajstić information content (AvgIpc) is 3.15. The predicted molar refractivity (Wildman–Crippen MR) is 87.3 cm³/mol. The molecule has 0 atom stereocenters. The zero-order chi connectivity index (χ0) is 17.9. The average molecular weight is 362 g/mol. The second-order valence-electron chi connectivity index (χ2n) is 4.72. The molecule has 1 aromatic carbocycles. The first kappa shape index (κ1) is 16.6. The van der Waals surface area contributed by atoms with Gasteiger partial charge in [-0.05, 0) is 12.1 Å². The molecule has 0 aliphatic carbocycles. The third-order valence-electron chi connectivity index (χ3n) is 3.21. The number of anilines is 1. The lowest BCUT2D eigenvalue weighted by atomic mass is 10.3. The lowest BCUT2D eigenvalue weighted by molar-refractivity contribution is 0.354. The lowest BCUT2D eigenvalue weighted by Crippen LogP contribution is -2.15. The van der Waals surface area contributed by atoms with Crippen LogP contribution in [0.1, 0.15) is 0 Å². The molecular formula is C14H14N6O4S. The molecule has 0 fully saturated rings. The van der Waals surface area contributed by atoms with Gasteiger partial charge in [0, 0.05) is 12.1 Å². The van der Waals surface area contributed by atoms with E-state index in [0.717, 1.165) is 0 Å². The molecule has 130 valence electrons. The Labute approximate surface area is 143 Å². The molecular weight excluding hydrogens is 348 g/mol. The fraction of sp³-hybridized carbons (Fsp3) is 0.143. The number of rotatable bonds is 6. The Morgan fingerprint density at radius 2 is 1.84 bits per heavy atom. The van der Waals surface area contributed by atoms with Crippen LogP contribution in [0.25, 0.3) is 5.82 Å². The molecule has 3 aromatic rings. The van der Waals surface area contributed by atoms with E-state index in [1.165, 1.54) is 62.1 Å². The predicted octanol–water partition coefficient (Wildman–Crippen LogP) is 0.875. The molecule has 0 radical (unpaired) electrons. The van der Waals surface area contributed by atoms with Gasteiger partial charge < -0.3 is 9.47 Å². The summed E-state index contributed by atoms with van der Waals surface area (Å²) in [7, 11) is -0.981. The minimum Gasteiger partial charge on any atom is -0.493 e. The molecule has 1 N–H and O–H groups in total. The number of nitrogens with zero attached hydrogens (tertiary/aromatic N) is 5. The van der Waals surface area contributed by atoms with Crippen molar-refractivity contribution in [2.24, 2.45) is 0 Å². The van der Waals surface area contributed by atoms with Crippen molar-refractivity contribution < 1.29 is 17.9 Å². The van der Waals surface area contributed by atoms with Crippen LogP contribution in [0.3, 0.4) is 0 Å². The van der Waals surface area contributed by atoms with E-state index in [-0.39, 0.29) is 10.7 Å². The summed E-state index contributed by atoms with van der Waals surface area (Å²) in [6.07, 6.45) is 4.01. The SMILES string of the molecule is COc1ccc(S(=O)(=O)Nc2cc(-n3cncn3)ncn2)cc1OC. The van der Waals surface area contributed by atoms with Gasteiger partial charge >= 0.3 is 0 Å². The van der Waals surface area contributed by atoms with Crippen LogP contribution in [0.15, 0.2) is 48.1 Å². The number of nitrogens with one attached hydrogen (secondary N) is 1. The third-order valence-corrected chi connectivity index (χ3v) is 4.56. The maximum atomic E-state index is 12.6. The van der Waals surface area contributed by atoms with E-state index >= 15 is 0 Å². The normalized spacial score (nSPS) is 11.1. The van der Waals surface area contributed by atoms with Gasteiger partial charge in [-0.1, -0.05) is 0 Å². The summed E-state index contributed by atoms with van der Waals surface area (Å²) in [6, 6.07) is 5.71. The molecule has 0 aliphatic rings. The van der Waals surface area contributed by atoms with Crippen molar-refractivity contribution in [2.45, 2.75) is 4.90 Å². The van der Waals surface area contributed by atoms with Crippen LogP contribution in [0.5, 0.6) is 11.5 Å². The molecule has 0 saturated heterocycles. The molecule has 2 heterocycles. The van der Waals surface area contributed by atoms with Crippen LogP contribution >= 0.6 is 0 Å². The van der Waals surface area contributed by atoms with Crippen molar-refractivity contribution in [2.75, 3.05) is 18.9 Å². The fourth-order valence-electron chi connectivity index (χ4n) is 2.03. The number of aromatic nitrogens is 5. The summed E-state index contributed by atoms with van der Waals surface area (Å²) in [4.78, 5) is 11.7. The molecule has 3 rings (SSSR count). The molecule has 0 saturated carbocycles. The Morgan fingerprint density at radius 1 is 1.04 bits per heavy atom. The van der Waals surface area contributed by atoms with Crippen molar-refractivity contribution in [3.8, 4) is 17.3 Å². The molecule has 0 spiro atoms. The summed E-state index contributed by atoms with van der Waals surface area (Å²) in [5.74, 6) is 1.20. The van der Waals surface area contributed by atoms with Gasteiger partial charge in [-0.25, -0.2) is 28.1 Å². The van der Waals surface area contributed by atoms with Crippen molar-refractivity contribution in [3.05, 3.63) is 43.2 Å². The van der Waals surface area contributed by atoms with Gasteiger partial charge in [-0.15, -0.1) is 0 Å². The summed E-state index contributed by atoms with van der Waals surface area (Å²) >= 11 is 0. The van der Waals surface area contributed by atoms with Gasteiger partial charge in [0.05, 0.1) is 19.1 Å². The van der Waals surface area contributed by atoms with Crippen LogP contribution in [0.4, 0.5) is 5.82 Å². The summed E-state index contributed by atoms with van der Waals surface area (Å²) < 4.78 is 39.1. The second-order valence-corrected chi connectivity index (χ2v) is 6.41. The summed E-state index contributed by atoms with van der Waals surface area (Å²) in [5, 5.41) is 3.93. The van der Waals surface area contributed by atoms with E-state index in [4.69, 9.17) is 9.47 Å². The summed E-state index contributed by atoms with van der Waals surface area (Å²) in [5.41, 5.74) is 0. The first-order chi connectivity index (χ1) is 12.0. The molecule has 11 heteroatoms. The van der Waals surface area contributed by atoms with Gasteiger partial charge in [-0.3, -0.25) is 4.72 Å². The highest BCUT2D eigenvalue weighted by Gasteiger charge is 2.18. The van der Waals surface area contributed by atoms with E-state index in [9.17, 15) is 8.42 Å². The molecule has 2 aromatic heterocycles. The number of benzene rings is 1. The van der Waals surface area contributed by atoms with Crippen LogP contribution in [0, 0.1) is 0 Å². The maximum Gasteiger partial charge on any atom is 0.263 e. The largest absolute Gasteiger partial charge is 0.493 e. The zero-order valence-corrected chi connectivity index (χ0v) is 14.1. The van der Waals surface area contributed by atoms with Crippen LogP contribution in [-0.2, 0) is 10.0 Å². The van der Waals surface area contributed by atoms with E-state index < -0.39 is 10.0 Å². The zero-order valence-electron chi connectivity index (χ0n) is 13.3. The summed E-state index contributed by atoms with van der Waals surface area (Å²) in [6.45, 7) is 0. The van der Waals surface area contributed by atoms with Crippen molar-refractivity contribution in [1.82, 2.24) is 24.7 Å². The van der Waals surface area contributed by atoms with Gasteiger partial charge in [0.15, 0.2) is 17.3 Å². The van der Waals surface area contributed by atoms with Gasteiger partial charge in [0.25, 0.3) is 10.0 Å². The number of methoxy groups -OCH3 is 2. The number of hydrogen-bond donors (Lipinski definition) is 1. The minimum absolute atomic E-state index is 0.00562. The second kappa shape index (κ2) is 6.73. The van der Waals surface area contributed by atoms with Gasteiger partial charge in [0.1, 0.15) is 24.8 Å². The highest BCUT2D eigenvalue weighted by atomic mass is 32.2. The molecule has 0 amide bonds. The highest BCUT2D eigenvalue weighted by molar-refractivity contribution is 7.92. The fourth-order valence-corrected chi connectivity index (χ4v) is 3.05. The Balaban J connectivity index is 1.91. The van der Waals surface area contributed by atoms with Crippen LogP contribution < -0.4 is 14.2 Å². The van der Waals surface area contributed by atoms with E-state index in [2.05, 4.69) is 24.8 Å². The molecule has 25 heavy (non-hydrogen) atoms. The monoisotopic (exact) mass is 362 g/mol. The Kier molecular flexibility index (Phi) is 4.48. The van der Waals surface area contributed by atoms with Crippen LogP contribution in [-0.4, -0.2) is 47.4 Å². The molecule has 0 aliphatic heterocycles. The standard InChI is InChI=1S/C14H14N6O4S/c1-23-11-4-3-10(5-12(11)24-2)25(21,22)19-13-6-14(17-8-16-13)20-9-15-7-18-20/h3-9H,1-2H3,(H,16,17,19). The topological polar surface area (TPSA) is 121 Å². The number of ether oxygens (including phenoxy) is 2. The Hall–Kier alpha value is -3.21. The number of hydrogen-bond acceptors (Lipinski definition) is 8. The van der Waals surface area contributed by atoms with Gasteiger partial charge in [-0.2, -0.15) is 5.10 Å². The number of sulfonamides is 1. The van der Waals surface area contributed by atoms with Crippen molar-refractivity contribution in [3.63, 3.8) is 0 Å². The maximum absolute atomic E-state index is 12.6. The van der Waals surface area contributed by atoms with E-state index in [1.54, 1.807) is 0 Å². The molecule has 0 unspecified atom stereocenters. The smallest absolute Gasteiger partial charge is 0.263 e. The van der Waals surface area contributed by atoms with Crippen molar-refractivity contribution >= 4 is 15.8 Å². The highest BCUT2D eigenvalue weighted by Crippen LogP contribution is 2.30. The molecule has 10 nitrogen and oxygen atoms in total. The van der Waals surface area contributed by atoms with Gasteiger partial charge in [0.2, 0.25) is 0 Å². The molecule has 0 bridgehead atoms. The Morgan fingerprint density at radius 3 is 2.52 bits per heavy atom. The van der Waals surface area contributed by atoms with E-state index in [0.29, 0.717) is 17.3 Å². The third kappa shape index (κ3) is 3.50. The first-order valence-corrected chi connectivity index (χ1v) is 8.43. The Bertz CT molecular complexity index is 975. The van der Waals surface area contributed by atoms with E-state index in [1.807, 2.05) is 0 Å². The first-order valence-electron chi connectivity index (χ1n) is 6.95. The van der Waals surface area contributed by atoms with Crippen LogP contribution in [0.2, 0.25) is 0 Å². The minimum atomic E-state index is -3.88. The quantitative estimate of drug-likeness (QED) is 0.686. The lowest BCUT2D eigenvalue weighted by Gasteiger charge is -2.11. The van der Waals surface area contributed by atoms with Crippen molar-refractivity contribution in [1.29, 1.82) is 0 Å².